The van der Waals surface area contributed by atoms with E-state index in [2.05, 4.69) is 16.0 Å². The van der Waals surface area contributed by atoms with E-state index < -0.39 is 6.04 Å². The van der Waals surface area contributed by atoms with E-state index in [0.29, 0.717) is 23.9 Å². The number of nitrogens with one attached hydrogen (secondary N) is 3. The van der Waals surface area contributed by atoms with Crippen LogP contribution in [0.15, 0.2) is 24.3 Å². The van der Waals surface area contributed by atoms with Gasteiger partial charge < -0.3 is 20.7 Å². The zero-order valence-corrected chi connectivity index (χ0v) is 13.7. The van der Waals surface area contributed by atoms with Crippen LogP contribution in [-0.4, -0.2) is 43.7 Å². The van der Waals surface area contributed by atoms with Gasteiger partial charge >= 0.3 is 0 Å². The lowest BCUT2D eigenvalue weighted by Gasteiger charge is -2.29. The number of carbonyl (C=O) groups is 2. The number of hydrogen-bond donors (Lipinski definition) is 3. The lowest BCUT2D eigenvalue weighted by Crippen LogP contribution is -2.56. The van der Waals surface area contributed by atoms with Gasteiger partial charge in [-0.3, -0.25) is 9.59 Å². The van der Waals surface area contributed by atoms with E-state index in [4.69, 9.17) is 16.3 Å². The van der Waals surface area contributed by atoms with Crippen molar-refractivity contribution in [3.63, 3.8) is 0 Å². The minimum absolute atomic E-state index is 0. The zero-order chi connectivity index (χ0) is 15.2. The fraction of sp³-hybridized carbons (Fsp3) is 0.429. The Kier molecular flexibility index (Phi) is 7.61. The number of carbonyl (C=O) groups excluding carboxylic acids is 2. The second-order valence-electron chi connectivity index (χ2n) is 4.78. The monoisotopic (exact) mass is 347 g/mol. The molecule has 1 aliphatic rings. The molecule has 3 N–H and O–H groups in total. The molecule has 122 valence electrons. The molecule has 1 heterocycles. The van der Waals surface area contributed by atoms with E-state index >= 15 is 0 Å². The van der Waals surface area contributed by atoms with Crippen molar-refractivity contribution >= 4 is 41.5 Å². The zero-order valence-electron chi connectivity index (χ0n) is 12.1. The molecule has 0 spiro atoms. The van der Waals surface area contributed by atoms with Crippen molar-refractivity contribution in [2.75, 3.05) is 25.0 Å². The SMILES string of the molecule is C[C@H]1OCCN[C@@H]1C(=O)NCC(=O)Nc1ccc(Cl)cc1.Cl. The molecule has 0 aliphatic carbocycles. The van der Waals surface area contributed by atoms with Crippen LogP contribution in [0.3, 0.4) is 0 Å². The van der Waals surface area contributed by atoms with Crippen molar-refractivity contribution in [2.45, 2.75) is 19.1 Å². The van der Waals surface area contributed by atoms with Crippen molar-refractivity contribution in [3.05, 3.63) is 29.3 Å². The van der Waals surface area contributed by atoms with E-state index in [1.54, 1.807) is 24.3 Å². The minimum atomic E-state index is -0.429. The molecular weight excluding hydrogens is 329 g/mol. The Labute approximate surface area is 140 Å². The second kappa shape index (κ2) is 8.95. The van der Waals surface area contributed by atoms with Crippen LogP contribution in [0.5, 0.6) is 0 Å². The molecule has 22 heavy (non-hydrogen) atoms. The Balaban J connectivity index is 0.00000242. The first-order chi connectivity index (χ1) is 10.1. The molecule has 0 radical (unpaired) electrons. The summed E-state index contributed by atoms with van der Waals surface area (Å²) in [7, 11) is 0. The van der Waals surface area contributed by atoms with Crippen LogP contribution < -0.4 is 16.0 Å². The third kappa shape index (κ3) is 5.46. The standard InChI is InChI=1S/C14H18ClN3O3.ClH/c1-9-13(16-6-7-21-9)14(20)17-8-12(19)18-11-4-2-10(15)3-5-11;/h2-5,9,13,16H,6-8H2,1H3,(H,17,20)(H,18,19);1H/t9-,13+;/m1./s1. The largest absolute Gasteiger partial charge is 0.375 e. The Hall–Kier alpha value is -1.34. The van der Waals surface area contributed by atoms with E-state index in [9.17, 15) is 9.59 Å². The molecule has 8 heteroatoms. The average Bonchev–Trinajstić information content (AvgIpc) is 2.48. The van der Waals surface area contributed by atoms with Crippen LogP contribution in [-0.2, 0) is 14.3 Å². The maximum absolute atomic E-state index is 12.0. The third-order valence-electron chi connectivity index (χ3n) is 3.15. The van der Waals surface area contributed by atoms with Crippen LogP contribution in [0, 0.1) is 0 Å². The summed E-state index contributed by atoms with van der Waals surface area (Å²) < 4.78 is 5.39. The summed E-state index contributed by atoms with van der Waals surface area (Å²) in [5, 5.41) is 8.93. The maximum atomic E-state index is 12.0. The Bertz CT molecular complexity index is 511. The Morgan fingerprint density at radius 1 is 1.36 bits per heavy atom. The average molecular weight is 348 g/mol. The summed E-state index contributed by atoms with van der Waals surface area (Å²) in [5.41, 5.74) is 0.631. The third-order valence-corrected chi connectivity index (χ3v) is 3.40. The van der Waals surface area contributed by atoms with Crippen molar-refractivity contribution in [2.24, 2.45) is 0 Å². The predicted octanol–water partition coefficient (Wildman–Crippen LogP) is 1.19. The summed E-state index contributed by atoms with van der Waals surface area (Å²) >= 11 is 5.76. The minimum Gasteiger partial charge on any atom is -0.375 e. The van der Waals surface area contributed by atoms with Gasteiger partial charge in [0.15, 0.2) is 0 Å². The van der Waals surface area contributed by atoms with Crippen LogP contribution in [0.4, 0.5) is 5.69 Å². The van der Waals surface area contributed by atoms with Crippen LogP contribution >= 0.6 is 24.0 Å². The number of halogens is 2. The van der Waals surface area contributed by atoms with Gasteiger partial charge in [-0.1, -0.05) is 11.6 Å². The summed E-state index contributed by atoms with van der Waals surface area (Å²) in [6.07, 6.45) is -0.210. The maximum Gasteiger partial charge on any atom is 0.243 e. The number of anilines is 1. The molecule has 0 bridgehead atoms. The van der Waals surface area contributed by atoms with E-state index in [1.165, 1.54) is 0 Å². The van der Waals surface area contributed by atoms with Gasteiger partial charge in [-0.25, -0.2) is 0 Å². The molecule has 1 aromatic carbocycles. The molecular formula is C14H19Cl2N3O3. The molecule has 0 unspecified atom stereocenters. The first kappa shape index (κ1) is 18.7. The highest BCUT2D eigenvalue weighted by Crippen LogP contribution is 2.13. The summed E-state index contributed by atoms with van der Waals surface area (Å²) in [6.45, 7) is 2.94. The molecule has 2 rings (SSSR count). The Morgan fingerprint density at radius 2 is 2.05 bits per heavy atom. The fourth-order valence-electron chi connectivity index (χ4n) is 2.04. The normalized spacial score (nSPS) is 20.6. The highest BCUT2D eigenvalue weighted by atomic mass is 35.5. The predicted molar refractivity (Wildman–Crippen MR) is 87.5 cm³/mol. The van der Waals surface area contributed by atoms with Crippen molar-refractivity contribution in [3.8, 4) is 0 Å². The first-order valence-electron chi connectivity index (χ1n) is 6.74. The fourth-order valence-corrected chi connectivity index (χ4v) is 2.17. The van der Waals surface area contributed by atoms with Gasteiger partial charge in [-0.2, -0.15) is 0 Å². The topological polar surface area (TPSA) is 79.5 Å². The molecule has 1 fully saturated rings. The number of morpholine rings is 1. The van der Waals surface area contributed by atoms with Crippen molar-refractivity contribution in [1.29, 1.82) is 0 Å². The molecule has 0 saturated carbocycles. The lowest BCUT2D eigenvalue weighted by molar-refractivity contribution is -0.130. The van der Waals surface area contributed by atoms with Crippen LogP contribution in [0.25, 0.3) is 0 Å². The number of ether oxygens (including phenoxy) is 1. The molecule has 6 nitrogen and oxygen atoms in total. The first-order valence-corrected chi connectivity index (χ1v) is 7.12. The van der Waals surface area contributed by atoms with Gasteiger partial charge in [0.25, 0.3) is 0 Å². The lowest BCUT2D eigenvalue weighted by atomic mass is 10.1. The van der Waals surface area contributed by atoms with Gasteiger partial charge in [0, 0.05) is 17.3 Å². The highest BCUT2D eigenvalue weighted by Gasteiger charge is 2.28. The Morgan fingerprint density at radius 3 is 2.68 bits per heavy atom. The van der Waals surface area contributed by atoms with Gasteiger partial charge in [0.1, 0.15) is 6.04 Å². The number of rotatable bonds is 4. The van der Waals surface area contributed by atoms with Gasteiger partial charge in [0.2, 0.25) is 11.8 Å². The van der Waals surface area contributed by atoms with Gasteiger partial charge in [-0.05, 0) is 31.2 Å². The number of benzene rings is 1. The molecule has 2 amide bonds. The smallest absolute Gasteiger partial charge is 0.243 e. The second-order valence-corrected chi connectivity index (χ2v) is 5.22. The van der Waals surface area contributed by atoms with Crippen LogP contribution in [0.1, 0.15) is 6.92 Å². The molecule has 1 aromatic rings. The molecule has 2 atom stereocenters. The van der Waals surface area contributed by atoms with E-state index in [0.717, 1.165) is 0 Å². The molecule has 1 aliphatic heterocycles. The number of hydrogen-bond acceptors (Lipinski definition) is 4. The molecule has 1 saturated heterocycles. The highest BCUT2D eigenvalue weighted by molar-refractivity contribution is 6.30. The van der Waals surface area contributed by atoms with Gasteiger partial charge in [-0.15, -0.1) is 12.4 Å². The van der Waals surface area contributed by atoms with Crippen molar-refractivity contribution < 1.29 is 14.3 Å². The van der Waals surface area contributed by atoms with Crippen molar-refractivity contribution in [1.82, 2.24) is 10.6 Å². The molecule has 0 aromatic heterocycles. The van der Waals surface area contributed by atoms with Crippen LogP contribution in [0.2, 0.25) is 5.02 Å². The van der Waals surface area contributed by atoms with E-state index in [1.807, 2.05) is 6.92 Å². The number of amides is 2. The summed E-state index contributed by atoms with van der Waals surface area (Å²) in [4.78, 5) is 23.7. The summed E-state index contributed by atoms with van der Waals surface area (Å²) in [5.74, 6) is -0.538. The van der Waals surface area contributed by atoms with E-state index in [-0.39, 0.29) is 36.9 Å². The quantitative estimate of drug-likeness (QED) is 0.764. The summed E-state index contributed by atoms with van der Waals surface area (Å²) in [6, 6.07) is 6.32. The van der Waals surface area contributed by atoms with Gasteiger partial charge in [0.05, 0.1) is 19.3 Å².